The molecule has 0 radical (unpaired) electrons. The minimum atomic E-state index is -0.0600. The van der Waals surface area contributed by atoms with Gasteiger partial charge in [0.25, 0.3) is 5.91 Å². The molecule has 1 atom stereocenters. The Morgan fingerprint density at radius 2 is 2.04 bits per heavy atom. The Bertz CT molecular complexity index is 856. The van der Waals surface area contributed by atoms with Crippen LogP contribution in [-0.2, 0) is 13.1 Å². The number of imidazole rings is 1. The van der Waals surface area contributed by atoms with Gasteiger partial charge in [-0.05, 0) is 36.6 Å². The third kappa shape index (κ3) is 3.76. The quantitative estimate of drug-likeness (QED) is 0.771. The Morgan fingerprint density at radius 1 is 1.24 bits per heavy atom. The number of fused-ring (bicyclic) bond motifs is 1. The summed E-state index contributed by atoms with van der Waals surface area (Å²) in [7, 11) is 0. The molecule has 2 aromatic heterocycles. The molecule has 0 aliphatic rings. The van der Waals surface area contributed by atoms with E-state index in [0.717, 1.165) is 17.4 Å². The number of aryl methyl sites for hydroxylation is 1. The highest BCUT2D eigenvalue weighted by atomic mass is 16.1. The van der Waals surface area contributed by atoms with Gasteiger partial charge in [0.1, 0.15) is 0 Å². The molecule has 0 saturated heterocycles. The lowest BCUT2D eigenvalue weighted by Gasteiger charge is -2.31. The topological polar surface area (TPSA) is 51.9 Å². The molecule has 3 rings (SSSR count). The Hall–Kier alpha value is -2.56. The average molecular weight is 338 g/mol. The van der Waals surface area contributed by atoms with Crippen molar-refractivity contribution in [2.24, 2.45) is 5.41 Å². The summed E-state index contributed by atoms with van der Waals surface area (Å²) < 4.78 is 4.18. The molecular formula is C20H26N4O. The number of rotatable bonds is 5. The van der Waals surface area contributed by atoms with Gasteiger partial charge in [0, 0.05) is 48.1 Å². The van der Waals surface area contributed by atoms with Gasteiger partial charge < -0.3 is 14.5 Å². The summed E-state index contributed by atoms with van der Waals surface area (Å²) in [6, 6.07) is 7.96. The second-order valence-corrected chi connectivity index (χ2v) is 7.53. The van der Waals surface area contributed by atoms with Gasteiger partial charge in [-0.3, -0.25) is 4.79 Å². The summed E-state index contributed by atoms with van der Waals surface area (Å²) in [6.45, 7) is 10.2. The fraction of sp³-hybridized carbons (Fsp3) is 0.400. The highest BCUT2D eigenvalue weighted by Gasteiger charge is 2.27. The average Bonchev–Trinajstić information content (AvgIpc) is 3.21. The standard InChI is InChI=1S/C20H26N4O/c1-5-24-10-8-15-12-16(6-7-17(15)24)19(25)22-18(20(2,3)4)13-23-11-9-21-14-23/h6-12,14,18H,5,13H2,1-4H3,(H,22,25)/t18-/m0/s1. The van der Waals surface area contributed by atoms with E-state index < -0.39 is 0 Å². The number of amides is 1. The van der Waals surface area contributed by atoms with Gasteiger partial charge in [0.2, 0.25) is 0 Å². The van der Waals surface area contributed by atoms with E-state index in [-0.39, 0.29) is 17.4 Å². The monoisotopic (exact) mass is 338 g/mol. The van der Waals surface area contributed by atoms with E-state index in [1.54, 1.807) is 12.5 Å². The van der Waals surface area contributed by atoms with Crippen molar-refractivity contribution in [3.63, 3.8) is 0 Å². The molecule has 0 bridgehead atoms. The molecule has 25 heavy (non-hydrogen) atoms. The van der Waals surface area contributed by atoms with Crippen molar-refractivity contribution < 1.29 is 4.79 Å². The van der Waals surface area contributed by atoms with Gasteiger partial charge in [-0.1, -0.05) is 20.8 Å². The lowest BCUT2D eigenvalue weighted by molar-refractivity contribution is 0.0892. The van der Waals surface area contributed by atoms with Crippen LogP contribution in [0.25, 0.3) is 10.9 Å². The van der Waals surface area contributed by atoms with Crippen molar-refractivity contribution in [3.8, 4) is 0 Å². The molecule has 0 fully saturated rings. The zero-order valence-electron chi connectivity index (χ0n) is 15.4. The summed E-state index contributed by atoms with van der Waals surface area (Å²) in [5, 5.41) is 4.30. The van der Waals surface area contributed by atoms with E-state index in [0.29, 0.717) is 12.1 Å². The SMILES string of the molecule is CCn1ccc2cc(C(=O)N[C@@H](Cn3ccnc3)C(C)(C)C)ccc21. The first-order valence-corrected chi connectivity index (χ1v) is 8.74. The summed E-state index contributed by atoms with van der Waals surface area (Å²) in [6.07, 6.45) is 7.52. The van der Waals surface area contributed by atoms with E-state index >= 15 is 0 Å². The minimum absolute atomic E-state index is 0.00476. The number of carbonyl (C=O) groups is 1. The smallest absolute Gasteiger partial charge is 0.251 e. The van der Waals surface area contributed by atoms with Crippen LogP contribution in [0, 0.1) is 5.41 Å². The van der Waals surface area contributed by atoms with Gasteiger partial charge in [-0.25, -0.2) is 4.98 Å². The number of nitrogens with zero attached hydrogens (tertiary/aromatic N) is 3. The summed E-state index contributed by atoms with van der Waals surface area (Å²) >= 11 is 0. The molecule has 5 heteroatoms. The van der Waals surface area contributed by atoms with Crippen molar-refractivity contribution in [2.75, 3.05) is 0 Å². The maximum atomic E-state index is 12.8. The molecule has 0 aliphatic heterocycles. The van der Waals surface area contributed by atoms with Crippen LogP contribution in [-0.4, -0.2) is 26.1 Å². The fourth-order valence-electron chi connectivity index (χ4n) is 3.00. The number of benzene rings is 1. The van der Waals surface area contributed by atoms with E-state index in [1.165, 1.54) is 0 Å². The molecular weight excluding hydrogens is 312 g/mol. The van der Waals surface area contributed by atoms with Crippen LogP contribution in [0.2, 0.25) is 0 Å². The molecule has 0 spiro atoms. The maximum Gasteiger partial charge on any atom is 0.251 e. The van der Waals surface area contributed by atoms with Gasteiger partial charge in [0.05, 0.1) is 12.4 Å². The van der Waals surface area contributed by atoms with Crippen LogP contribution >= 0.6 is 0 Å². The number of hydrogen-bond donors (Lipinski definition) is 1. The molecule has 2 heterocycles. The van der Waals surface area contributed by atoms with Crippen LogP contribution in [0.15, 0.2) is 49.2 Å². The Labute approximate surface area is 148 Å². The predicted octanol–water partition coefficient (Wildman–Crippen LogP) is 3.70. The lowest BCUT2D eigenvalue weighted by Crippen LogP contribution is -2.46. The Kier molecular flexibility index (Phi) is 4.66. The minimum Gasteiger partial charge on any atom is -0.348 e. The molecule has 1 N–H and O–H groups in total. The second-order valence-electron chi connectivity index (χ2n) is 7.53. The van der Waals surface area contributed by atoms with Crippen molar-refractivity contribution >= 4 is 16.8 Å². The summed E-state index contributed by atoms with van der Waals surface area (Å²) in [5.74, 6) is -0.0359. The number of nitrogens with one attached hydrogen (secondary N) is 1. The van der Waals surface area contributed by atoms with Gasteiger partial charge in [-0.15, -0.1) is 0 Å². The predicted molar refractivity (Wildman–Crippen MR) is 101 cm³/mol. The molecule has 132 valence electrons. The maximum absolute atomic E-state index is 12.8. The van der Waals surface area contributed by atoms with Gasteiger partial charge in [0.15, 0.2) is 0 Å². The van der Waals surface area contributed by atoms with E-state index in [2.05, 4.69) is 54.8 Å². The van der Waals surface area contributed by atoms with Crippen LogP contribution in [0.5, 0.6) is 0 Å². The molecule has 3 aromatic rings. The third-order valence-corrected chi connectivity index (χ3v) is 4.68. The number of hydrogen-bond acceptors (Lipinski definition) is 2. The summed E-state index contributed by atoms with van der Waals surface area (Å²) in [5.41, 5.74) is 1.79. The van der Waals surface area contributed by atoms with Crippen LogP contribution in [0.4, 0.5) is 0 Å². The van der Waals surface area contributed by atoms with Gasteiger partial charge >= 0.3 is 0 Å². The van der Waals surface area contributed by atoms with Crippen LogP contribution in [0.1, 0.15) is 38.1 Å². The van der Waals surface area contributed by atoms with Gasteiger partial charge in [-0.2, -0.15) is 0 Å². The highest BCUT2D eigenvalue weighted by molar-refractivity contribution is 5.98. The van der Waals surface area contributed by atoms with Crippen molar-refractivity contribution in [3.05, 3.63) is 54.7 Å². The van der Waals surface area contributed by atoms with Crippen molar-refractivity contribution in [1.29, 1.82) is 0 Å². The molecule has 0 unspecified atom stereocenters. The van der Waals surface area contributed by atoms with Crippen molar-refractivity contribution in [1.82, 2.24) is 19.4 Å². The van der Waals surface area contributed by atoms with Crippen LogP contribution < -0.4 is 5.32 Å². The normalized spacial score (nSPS) is 13.1. The number of aromatic nitrogens is 3. The third-order valence-electron chi connectivity index (χ3n) is 4.68. The molecule has 0 saturated carbocycles. The zero-order valence-corrected chi connectivity index (χ0v) is 15.4. The lowest BCUT2D eigenvalue weighted by atomic mass is 9.86. The van der Waals surface area contributed by atoms with E-state index in [4.69, 9.17) is 0 Å². The molecule has 5 nitrogen and oxygen atoms in total. The first-order chi connectivity index (χ1) is 11.9. The fourth-order valence-corrected chi connectivity index (χ4v) is 3.00. The van der Waals surface area contributed by atoms with Crippen LogP contribution in [0.3, 0.4) is 0 Å². The van der Waals surface area contributed by atoms with E-state index in [1.807, 2.05) is 29.0 Å². The molecule has 1 amide bonds. The van der Waals surface area contributed by atoms with Crippen molar-refractivity contribution in [2.45, 2.75) is 46.8 Å². The highest BCUT2D eigenvalue weighted by Crippen LogP contribution is 2.22. The largest absolute Gasteiger partial charge is 0.348 e. The zero-order chi connectivity index (χ0) is 18.0. The number of carbonyl (C=O) groups excluding carboxylic acids is 1. The first-order valence-electron chi connectivity index (χ1n) is 8.74. The second kappa shape index (κ2) is 6.75. The Balaban J connectivity index is 1.81. The van der Waals surface area contributed by atoms with E-state index in [9.17, 15) is 4.79 Å². The molecule has 1 aromatic carbocycles. The summed E-state index contributed by atoms with van der Waals surface area (Å²) in [4.78, 5) is 16.9. The molecule has 0 aliphatic carbocycles. The Morgan fingerprint density at radius 3 is 2.68 bits per heavy atom. The first kappa shape index (κ1) is 17.3.